The minimum Gasteiger partial charge on any atom is -0.392 e. The predicted octanol–water partition coefficient (Wildman–Crippen LogP) is 2.20. The van der Waals surface area contributed by atoms with Gasteiger partial charge in [-0.05, 0) is 24.5 Å². The number of aliphatic hydroxyl groups is 1. The van der Waals surface area contributed by atoms with Crippen LogP contribution in [0.5, 0.6) is 0 Å². The number of nitrogens with zero attached hydrogens (tertiary/aromatic N) is 2. The van der Waals surface area contributed by atoms with E-state index in [2.05, 4.69) is 23.7 Å². The summed E-state index contributed by atoms with van der Waals surface area (Å²) in [5.41, 5.74) is 0.867. The zero-order valence-electron chi connectivity index (χ0n) is 9.61. The van der Waals surface area contributed by atoms with E-state index >= 15 is 0 Å². The molecular weight excluding hydrogens is 188 g/mol. The van der Waals surface area contributed by atoms with Gasteiger partial charge in [0.25, 0.3) is 0 Å². The molecule has 3 heteroatoms. The first-order valence-electron chi connectivity index (χ1n) is 5.62. The predicted molar refractivity (Wildman–Crippen MR) is 63.0 cm³/mol. The van der Waals surface area contributed by atoms with Crippen LogP contribution in [0.25, 0.3) is 0 Å². The van der Waals surface area contributed by atoms with E-state index in [1.54, 1.807) is 6.20 Å². The number of aromatic nitrogens is 1. The van der Waals surface area contributed by atoms with Gasteiger partial charge in [0.05, 0.1) is 6.61 Å². The lowest BCUT2D eigenvalue weighted by Crippen LogP contribution is -2.25. The van der Waals surface area contributed by atoms with E-state index in [1.165, 1.54) is 0 Å². The van der Waals surface area contributed by atoms with Gasteiger partial charge in [0.15, 0.2) is 0 Å². The molecule has 0 amide bonds. The normalized spacial score (nSPS) is 10.3. The summed E-state index contributed by atoms with van der Waals surface area (Å²) in [4.78, 5) is 6.63. The van der Waals surface area contributed by atoms with E-state index < -0.39 is 0 Å². The number of pyridine rings is 1. The van der Waals surface area contributed by atoms with Crippen LogP contribution in [-0.4, -0.2) is 23.2 Å². The standard InChI is InChI=1S/C12H20N2O/c1-3-7-14(8-4-2)12-6-5-11(10-15)9-13-12/h5-6,9,15H,3-4,7-8,10H2,1-2H3. The maximum absolute atomic E-state index is 8.92. The Balaban J connectivity index is 2.72. The molecule has 0 aromatic carbocycles. The summed E-state index contributed by atoms with van der Waals surface area (Å²) in [7, 11) is 0. The highest BCUT2D eigenvalue weighted by molar-refractivity contribution is 5.39. The minimum absolute atomic E-state index is 0.0643. The van der Waals surface area contributed by atoms with Gasteiger partial charge >= 0.3 is 0 Å². The third kappa shape index (κ3) is 3.51. The van der Waals surface area contributed by atoms with Gasteiger partial charge in [-0.2, -0.15) is 0 Å². The molecular formula is C12H20N2O. The summed E-state index contributed by atoms with van der Waals surface area (Å²) >= 11 is 0. The maximum atomic E-state index is 8.92. The number of rotatable bonds is 6. The summed E-state index contributed by atoms with van der Waals surface area (Å²) in [6.45, 7) is 6.49. The zero-order valence-corrected chi connectivity index (χ0v) is 9.61. The van der Waals surface area contributed by atoms with Crippen molar-refractivity contribution in [1.82, 2.24) is 4.98 Å². The molecule has 0 fully saturated rings. The highest BCUT2D eigenvalue weighted by atomic mass is 16.3. The number of aliphatic hydroxyl groups excluding tert-OH is 1. The van der Waals surface area contributed by atoms with Gasteiger partial charge in [-0.3, -0.25) is 0 Å². The van der Waals surface area contributed by atoms with Gasteiger partial charge in [0.1, 0.15) is 5.82 Å². The van der Waals surface area contributed by atoms with Crippen molar-refractivity contribution in [3.8, 4) is 0 Å². The molecule has 0 bridgehead atoms. The van der Waals surface area contributed by atoms with Crippen LogP contribution in [0.4, 0.5) is 5.82 Å². The summed E-state index contributed by atoms with van der Waals surface area (Å²) in [5, 5.41) is 8.92. The molecule has 1 aromatic heterocycles. The first-order valence-corrected chi connectivity index (χ1v) is 5.62. The Morgan fingerprint density at radius 1 is 1.20 bits per heavy atom. The summed E-state index contributed by atoms with van der Waals surface area (Å²) in [6.07, 6.45) is 4.00. The number of hydrogen-bond acceptors (Lipinski definition) is 3. The molecule has 0 aliphatic carbocycles. The molecule has 0 aliphatic heterocycles. The molecule has 0 radical (unpaired) electrons. The lowest BCUT2D eigenvalue weighted by molar-refractivity contribution is 0.281. The molecule has 0 unspecified atom stereocenters. The lowest BCUT2D eigenvalue weighted by atomic mass is 10.3. The molecule has 15 heavy (non-hydrogen) atoms. The summed E-state index contributed by atoms with van der Waals surface area (Å²) in [5.74, 6) is 1.01. The van der Waals surface area contributed by atoms with Gasteiger partial charge in [-0.25, -0.2) is 4.98 Å². The molecule has 0 atom stereocenters. The largest absolute Gasteiger partial charge is 0.392 e. The molecule has 1 rings (SSSR count). The summed E-state index contributed by atoms with van der Waals surface area (Å²) in [6, 6.07) is 3.91. The molecule has 3 nitrogen and oxygen atoms in total. The second-order valence-electron chi connectivity index (χ2n) is 3.67. The molecule has 1 heterocycles. The van der Waals surface area contributed by atoms with E-state index in [1.807, 2.05) is 12.1 Å². The molecule has 0 spiro atoms. The van der Waals surface area contributed by atoms with Crippen molar-refractivity contribution < 1.29 is 5.11 Å². The molecule has 84 valence electrons. The fourth-order valence-electron chi connectivity index (χ4n) is 1.58. The van der Waals surface area contributed by atoms with Crippen molar-refractivity contribution in [2.45, 2.75) is 33.3 Å². The Hall–Kier alpha value is -1.09. The van der Waals surface area contributed by atoms with Crippen molar-refractivity contribution in [3.05, 3.63) is 23.9 Å². The number of hydrogen-bond donors (Lipinski definition) is 1. The average Bonchev–Trinajstić information content (AvgIpc) is 2.29. The fourth-order valence-corrected chi connectivity index (χ4v) is 1.58. The molecule has 1 aromatic rings. The minimum atomic E-state index is 0.0643. The van der Waals surface area contributed by atoms with Gasteiger partial charge < -0.3 is 10.0 Å². The van der Waals surface area contributed by atoms with E-state index in [0.29, 0.717) is 0 Å². The second kappa shape index (κ2) is 6.40. The van der Waals surface area contributed by atoms with Crippen molar-refractivity contribution in [1.29, 1.82) is 0 Å². The second-order valence-corrected chi connectivity index (χ2v) is 3.67. The van der Waals surface area contributed by atoms with Crippen molar-refractivity contribution in [2.24, 2.45) is 0 Å². The number of anilines is 1. The monoisotopic (exact) mass is 208 g/mol. The van der Waals surface area contributed by atoms with E-state index in [4.69, 9.17) is 5.11 Å². The van der Waals surface area contributed by atoms with Crippen molar-refractivity contribution in [3.63, 3.8) is 0 Å². The van der Waals surface area contributed by atoms with Crippen LogP contribution >= 0.6 is 0 Å². The van der Waals surface area contributed by atoms with Crippen LogP contribution < -0.4 is 4.90 Å². The van der Waals surface area contributed by atoms with Gasteiger partial charge in [0.2, 0.25) is 0 Å². The Morgan fingerprint density at radius 3 is 2.27 bits per heavy atom. The summed E-state index contributed by atoms with van der Waals surface area (Å²) < 4.78 is 0. The van der Waals surface area contributed by atoms with Gasteiger partial charge in [-0.1, -0.05) is 19.9 Å². The van der Waals surface area contributed by atoms with Crippen LogP contribution in [-0.2, 0) is 6.61 Å². The lowest BCUT2D eigenvalue weighted by Gasteiger charge is -2.22. The third-order valence-corrected chi connectivity index (χ3v) is 2.30. The first-order chi connectivity index (χ1) is 7.31. The van der Waals surface area contributed by atoms with Gasteiger partial charge in [-0.15, -0.1) is 0 Å². The zero-order chi connectivity index (χ0) is 11.1. The van der Waals surface area contributed by atoms with Crippen molar-refractivity contribution in [2.75, 3.05) is 18.0 Å². The topological polar surface area (TPSA) is 36.4 Å². The quantitative estimate of drug-likeness (QED) is 0.778. The Labute approximate surface area is 91.8 Å². The van der Waals surface area contributed by atoms with E-state index in [-0.39, 0.29) is 6.61 Å². The van der Waals surface area contributed by atoms with E-state index in [0.717, 1.165) is 37.3 Å². The maximum Gasteiger partial charge on any atom is 0.128 e. The van der Waals surface area contributed by atoms with Crippen molar-refractivity contribution >= 4 is 5.82 Å². The van der Waals surface area contributed by atoms with Crippen LogP contribution in [0, 0.1) is 0 Å². The fraction of sp³-hybridized carbons (Fsp3) is 0.583. The van der Waals surface area contributed by atoms with Crippen LogP contribution in [0.1, 0.15) is 32.3 Å². The Morgan fingerprint density at radius 2 is 1.87 bits per heavy atom. The third-order valence-electron chi connectivity index (χ3n) is 2.30. The highest BCUT2D eigenvalue weighted by Crippen LogP contribution is 2.12. The average molecular weight is 208 g/mol. The Kier molecular flexibility index (Phi) is 5.12. The van der Waals surface area contributed by atoms with Crippen LogP contribution in [0.3, 0.4) is 0 Å². The Bertz CT molecular complexity index is 265. The first kappa shape index (κ1) is 12.0. The molecule has 0 saturated heterocycles. The SMILES string of the molecule is CCCN(CCC)c1ccc(CO)cn1. The molecule has 0 aliphatic rings. The molecule has 1 N–H and O–H groups in total. The van der Waals surface area contributed by atoms with Crippen LogP contribution in [0.15, 0.2) is 18.3 Å². The smallest absolute Gasteiger partial charge is 0.128 e. The van der Waals surface area contributed by atoms with E-state index in [9.17, 15) is 0 Å². The molecule has 0 saturated carbocycles. The van der Waals surface area contributed by atoms with Crippen LogP contribution in [0.2, 0.25) is 0 Å². The highest BCUT2D eigenvalue weighted by Gasteiger charge is 2.04. The van der Waals surface area contributed by atoms with Gasteiger partial charge in [0, 0.05) is 19.3 Å².